The van der Waals surface area contributed by atoms with Gasteiger partial charge in [0, 0.05) is 5.38 Å². The lowest BCUT2D eigenvalue weighted by Gasteiger charge is -2.00. The van der Waals surface area contributed by atoms with Gasteiger partial charge in [0.05, 0.1) is 14.0 Å². The Hall–Kier alpha value is 1.09. The van der Waals surface area contributed by atoms with Gasteiger partial charge in [0.1, 0.15) is 0 Å². The highest BCUT2D eigenvalue weighted by Crippen LogP contribution is 2.08. The quantitative estimate of drug-likeness (QED) is 0.488. The molecule has 0 saturated heterocycles. The molecule has 0 rings (SSSR count). The van der Waals surface area contributed by atoms with Crippen LogP contribution in [0.3, 0.4) is 0 Å². The van der Waals surface area contributed by atoms with Gasteiger partial charge in [-0.3, -0.25) is 0 Å². The Morgan fingerprint density at radius 2 is 1.89 bits per heavy atom. The van der Waals surface area contributed by atoms with Gasteiger partial charge in [-0.15, -0.1) is 34.8 Å². The highest BCUT2D eigenvalue weighted by atomic mass is 35.5. The Balaban J connectivity index is 2.91. The Labute approximate surface area is 73.7 Å². The van der Waals surface area contributed by atoms with Crippen LogP contribution in [0, 0.1) is 0 Å². The Morgan fingerprint density at radius 3 is 2.22 bits per heavy atom. The number of hydrogen-bond donors (Lipinski definition) is 0. The van der Waals surface area contributed by atoms with Crippen molar-refractivity contribution in [2.45, 2.75) is 29.2 Å². The van der Waals surface area contributed by atoms with Crippen molar-refractivity contribution in [2.24, 2.45) is 0 Å². The van der Waals surface area contributed by atoms with E-state index < -0.39 is 0 Å². The standard InChI is InChI=1S/C5H11Cl3Si/c1-4(6)2-3-9-5(7)8/h4-5H,2-3,9H2,1H3. The van der Waals surface area contributed by atoms with E-state index in [1.54, 1.807) is 0 Å². The fourth-order valence-corrected chi connectivity index (χ4v) is 3.05. The second-order valence-electron chi connectivity index (χ2n) is 2.10. The van der Waals surface area contributed by atoms with Gasteiger partial charge in [-0.05, 0) is 13.3 Å². The van der Waals surface area contributed by atoms with E-state index in [2.05, 4.69) is 0 Å². The summed E-state index contributed by atoms with van der Waals surface area (Å²) in [5.41, 5.74) is 0. The molecule has 0 aliphatic carbocycles. The molecule has 0 radical (unpaired) electrons. The molecule has 0 spiro atoms. The van der Waals surface area contributed by atoms with Gasteiger partial charge >= 0.3 is 0 Å². The Kier molecular flexibility index (Phi) is 6.55. The van der Waals surface area contributed by atoms with Crippen molar-refractivity contribution in [3.63, 3.8) is 0 Å². The van der Waals surface area contributed by atoms with Crippen LogP contribution in [0.5, 0.6) is 0 Å². The van der Waals surface area contributed by atoms with Crippen LogP contribution >= 0.6 is 34.8 Å². The lowest BCUT2D eigenvalue weighted by Crippen LogP contribution is -2.03. The maximum absolute atomic E-state index is 5.70. The average molecular weight is 206 g/mol. The molecule has 0 fully saturated rings. The van der Waals surface area contributed by atoms with Crippen LogP contribution in [0.1, 0.15) is 13.3 Å². The van der Waals surface area contributed by atoms with Crippen LogP contribution < -0.4 is 0 Å². The van der Waals surface area contributed by atoms with Gasteiger partial charge in [-0.25, -0.2) is 0 Å². The number of hydrogen-bond acceptors (Lipinski definition) is 0. The van der Waals surface area contributed by atoms with Crippen molar-refractivity contribution in [2.75, 3.05) is 0 Å². The number of rotatable bonds is 4. The molecule has 0 bridgehead atoms. The first-order valence-corrected chi connectivity index (χ1v) is 6.17. The summed E-state index contributed by atoms with van der Waals surface area (Å²) in [6, 6.07) is 1.16. The van der Waals surface area contributed by atoms with Gasteiger partial charge in [0.2, 0.25) is 0 Å². The maximum atomic E-state index is 5.70. The molecule has 0 aromatic heterocycles. The van der Waals surface area contributed by atoms with Crippen LogP contribution in [-0.2, 0) is 0 Å². The van der Waals surface area contributed by atoms with Crippen molar-refractivity contribution in [1.29, 1.82) is 0 Å². The molecule has 0 aromatic carbocycles. The summed E-state index contributed by atoms with van der Waals surface area (Å²) >= 11 is 16.8. The normalized spacial score (nSPS) is 15.7. The van der Waals surface area contributed by atoms with E-state index in [4.69, 9.17) is 34.8 Å². The zero-order valence-electron chi connectivity index (χ0n) is 5.41. The topological polar surface area (TPSA) is 0 Å². The third-order valence-electron chi connectivity index (χ3n) is 1.02. The van der Waals surface area contributed by atoms with Gasteiger partial charge in [0.25, 0.3) is 0 Å². The first-order valence-electron chi connectivity index (χ1n) is 3.05. The molecular weight excluding hydrogens is 194 g/mol. The minimum Gasteiger partial charge on any atom is -0.123 e. The summed E-state index contributed by atoms with van der Waals surface area (Å²) in [5, 5.41) is 0.282. The van der Waals surface area contributed by atoms with Crippen molar-refractivity contribution < 1.29 is 0 Å². The fourth-order valence-electron chi connectivity index (χ4n) is 0.553. The Morgan fingerprint density at radius 1 is 1.33 bits per heavy atom. The molecule has 0 heterocycles. The molecule has 9 heavy (non-hydrogen) atoms. The van der Waals surface area contributed by atoms with E-state index >= 15 is 0 Å². The second kappa shape index (κ2) is 5.84. The molecule has 0 aliphatic heterocycles. The largest absolute Gasteiger partial charge is 0.123 e. The summed E-state index contributed by atoms with van der Waals surface area (Å²) in [4.78, 5) is 0. The molecule has 0 aliphatic rings. The van der Waals surface area contributed by atoms with E-state index in [-0.39, 0.29) is 19.4 Å². The molecule has 1 atom stereocenters. The fraction of sp³-hybridized carbons (Fsp3) is 1.00. The van der Waals surface area contributed by atoms with E-state index in [0.717, 1.165) is 12.5 Å². The lowest BCUT2D eigenvalue weighted by molar-refractivity contribution is 0.888. The summed E-state index contributed by atoms with van der Waals surface area (Å²) in [5.74, 6) is 0. The van der Waals surface area contributed by atoms with Gasteiger partial charge < -0.3 is 0 Å². The van der Waals surface area contributed by atoms with Crippen LogP contribution in [0.2, 0.25) is 6.04 Å². The molecule has 0 nitrogen and oxygen atoms in total. The van der Waals surface area contributed by atoms with Crippen molar-refractivity contribution >= 4 is 44.3 Å². The third kappa shape index (κ3) is 9.09. The van der Waals surface area contributed by atoms with Gasteiger partial charge in [-0.2, -0.15) is 0 Å². The molecule has 0 N–H and O–H groups in total. The highest BCUT2D eigenvalue weighted by Gasteiger charge is 2.01. The van der Waals surface area contributed by atoms with E-state index in [1.807, 2.05) is 6.92 Å². The first kappa shape index (κ1) is 10.1. The molecule has 4 heteroatoms. The predicted molar refractivity (Wildman–Crippen MR) is 48.8 cm³/mol. The molecule has 0 saturated carbocycles. The zero-order chi connectivity index (χ0) is 7.28. The van der Waals surface area contributed by atoms with Crippen LogP contribution in [0.4, 0.5) is 0 Å². The third-order valence-corrected chi connectivity index (χ3v) is 3.80. The summed E-state index contributed by atoms with van der Waals surface area (Å²) in [6.07, 6.45) is 1.06. The summed E-state index contributed by atoms with van der Waals surface area (Å²) in [6.45, 7) is 1.99. The van der Waals surface area contributed by atoms with Crippen LogP contribution in [0.15, 0.2) is 0 Å². The lowest BCUT2D eigenvalue weighted by atomic mass is 10.4. The highest BCUT2D eigenvalue weighted by molar-refractivity contribution is 6.68. The monoisotopic (exact) mass is 204 g/mol. The van der Waals surface area contributed by atoms with Gasteiger partial charge in [-0.1, -0.05) is 6.04 Å². The van der Waals surface area contributed by atoms with E-state index in [9.17, 15) is 0 Å². The smallest absolute Gasteiger partial charge is 0.0908 e. The second-order valence-corrected chi connectivity index (χ2v) is 7.26. The molecule has 56 valence electrons. The minimum absolute atomic E-state index is 0.0829. The molecule has 0 amide bonds. The number of alkyl halides is 3. The summed E-state index contributed by atoms with van der Waals surface area (Å²) in [7, 11) is -0.250. The van der Waals surface area contributed by atoms with Crippen molar-refractivity contribution in [3.05, 3.63) is 0 Å². The predicted octanol–water partition coefficient (Wildman–Crippen LogP) is 2.35. The maximum Gasteiger partial charge on any atom is 0.0908 e. The number of halogens is 3. The minimum atomic E-state index is -0.250. The average Bonchev–Trinajstić information content (AvgIpc) is 1.63. The van der Waals surface area contributed by atoms with Gasteiger partial charge in [0.15, 0.2) is 0 Å². The van der Waals surface area contributed by atoms with Crippen molar-refractivity contribution in [1.82, 2.24) is 0 Å². The van der Waals surface area contributed by atoms with Crippen LogP contribution in [0.25, 0.3) is 0 Å². The molecular formula is C5H11Cl3Si. The van der Waals surface area contributed by atoms with E-state index in [0.29, 0.717) is 0 Å². The SMILES string of the molecule is CC(Cl)CC[SiH2]C(Cl)Cl. The van der Waals surface area contributed by atoms with Crippen LogP contribution in [-0.4, -0.2) is 19.4 Å². The summed E-state index contributed by atoms with van der Waals surface area (Å²) < 4.78 is -0.0829. The molecule has 0 aromatic rings. The van der Waals surface area contributed by atoms with E-state index in [1.165, 1.54) is 0 Å². The van der Waals surface area contributed by atoms with Crippen molar-refractivity contribution in [3.8, 4) is 0 Å². The Bertz CT molecular complexity index is 57.2. The first-order chi connectivity index (χ1) is 4.13. The molecule has 1 unspecified atom stereocenters. The zero-order valence-corrected chi connectivity index (χ0v) is 9.09.